The SMILES string of the molecule is COC(=O)c1c(NC(=O)c2ccc(Cl)cc2)sc2c1CCN(Cc1ccccc1)C2.Cl. The lowest BCUT2D eigenvalue weighted by molar-refractivity contribution is 0.0600. The molecule has 31 heavy (non-hydrogen) atoms. The van der Waals surface area contributed by atoms with Gasteiger partial charge in [-0.05, 0) is 41.8 Å². The van der Waals surface area contributed by atoms with E-state index in [1.807, 2.05) is 18.2 Å². The topological polar surface area (TPSA) is 58.6 Å². The van der Waals surface area contributed by atoms with Gasteiger partial charge in [0.15, 0.2) is 0 Å². The first kappa shape index (κ1) is 23.3. The number of rotatable bonds is 5. The highest BCUT2D eigenvalue weighted by Gasteiger charge is 2.29. The Morgan fingerprint density at radius 1 is 1.13 bits per heavy atom. The van der Waals surface area contributed by atoms with E-state index in [-0.39, 0.29) is 18.3 Å². The molecular weight excluding hydrogens is 455 g/mol. The fourth-order valence-electron chi connectivity index (χ4n) is 3.62. The van der Waals surface area contributed by atoms with E-state index in [0.717, 1.165) is 36.5 Å². The third-order valence-electron chi connectivity index (χ3n) is 5.11. The molecule has 0 saturated heterocycles. The Bertz CT molecular complexity index is 1070. The van der Waals surface area contributed by atoms with Crippen LogP contribution in [0.25, 0.3) is 0 Å². The maximum atomic E-state index is 12.7. The van der Waals surface area contributed by atoms with E-state index in [1.54, 1.807) is 24.3 Å². The van der Waals surface area contributed by atoms with Crippen molar-refractivity contribution in [3.05, 3.63) is 86.8 Å². The molecule has 0 aliphatic carbocycles. The van der Waals surface area contributed by atoms with Gasteiger partial charge in [-0.25, -0.2) is 4.79 Å². The highest BCUT2D eigenvalue weighted by molar-refractivity contribution is 7.17. The molecule has 1 aliphatic heterocycles. The monoisotopic (exact) mass is 476 g/mol. The number of hydrogen-bond donors (Lipinski definition) is 1. The molecule has 2 heterocycles. The predicted molar refractivity (Wildman–Crippen MR) is 127 cm³/mol. The third-order valence-corrected chi connectivity index (χ3v) is 6.49. The maximum absolute atomic E-state index is 12.7. The minimum Gasteiger partial charge on any atom is -0.465 e. The standard InChI is InChI=1S/C23H21ClN2O3S.ClH/c1-29-23(28)20-18-11-12-26(13-15-5-3-2-4-6-15)14-19(18)30-22(20)25-21(27)16-7-9-17(24)10-8-16;/h2-10H,11-14H2,1H3,(H,25,27);1H. The number of methoxy groups -OCH3 is 1. The molecule has 2 aromatic carbocycles. The second kappa shape index (κ2) is 10.3. The Balaban J connectivity index is 0.00000272. The van der Waals surface area contributed by atoms with Crippen molar-refractivity contribution in [3.63, 3.8) is 0 Å². The van der Waals surface area contributed by atoms with Crippen molar-refractivity contribution in [3.8, 4) is 0 Å². The minimum absolute atomic E-state index is 0. The number of carbonyl (C=O) groups excluding carboxylic acids is 2. The number of fused-ring (bicyclic) bond motifs is 1. The van der Waals surface area contributed by atoms with Crippen LogP contribution in [-0.4, -0.2) is 30.4 Å². The van der Waals surface area contributed by atoms with Crippen LogP contribution >= 0.6 is 35.3 Å². The highest BCUT2D eigenvalue weighted by Crippen LogP contribution is 2.38. The number of benzene rings is 2. The molecule has 0 saturated carbocycles. The summed E-state index contributed by atoms with van der Waals surface area (Å²) < 4.78 is 5.01. The summed E-state index contributed by atoms with van der Waals surface area (Å²) in [4.78, 5) is 28.6. The molecule has 0 atom stereocenters. The number of halogens is 2. The molecule has 162 valence electrons. The fourth-order valence-corrected chi connectivity index (χ4v) is 5.01. The minimum atomic E-state index is -0.421. The second-order valence-corrected chi connectivity index (χ2v) is 8.65. The first-order valence-corrected chi connectivity index (χ1v) is 10.8. The van der Waals surface area contributed by atoms with Crippen molar-refractivity contribution >= 4 is 52.2 Å². The number of ether oxygens (including phenoxy) is 1. The molecule has 0 bridgehead atoms. The lowest BCUT2D eigenvalue weighted by Crippen LogP contribution is -2.29. The van der Waals surface area contributed by atoms with Gasteiger partial charge >= 0.3 is 5.97 Å². The van der Waals surface area contributed by atoms with E-state index in [0.29, 0.717) is 21.2 Å². The molecular formula is C23H22Cl2N2O3S. The number of nitrogens with zero attached hydrogens (tertiary/aromatic N) is 1. The van der Waals surface area contributed by atoms with Crippen molar-refractivity contribution in [2.45, 2.75) is 19.5 Å². The van der Waals surface area contributed by atoms with E-state index < -0.39 is 5.97 Å². The number of esters is 1. The van der Waals surface area contributed by atoms with E-state index in [4.69, 9.17) is 16.3 Å². The van der Waals surface area contributed by atoms with Crippen molar-refractivity contribution in [1.82, 2.24) is 4.90 Å². The first-order valence-electron chi connectivity index (χ1n) is 9.61. The van der Waals surface area contributed by atoms with Gasteiger partial charge in [0.1, 0.15) is 5.00 Å². The van der Waals surface area contributed by atoms with Crippen LogP contribution in [0.1, 0.15) is 36.7 Å². The van der Waals surface area contributed by atoms with Gasteiger partial charge in [0.2, 0.25) is 0 Å². The molecule has 0 radical (unpaired) electrons. The molecule has 1 amide bonds. The van der Waals surface area contributed by atoms with Crippen LogP contribution in [0.3, 0.4) is 0 Å². The molecule has 1 aliphatic rings. The van der Waals surface area contributed by atoms with Crippen LogP contribution in [0, 0.1) is 0 Å². The summed E-state index contributed by atoms with van der Waals surface area (Å²) in [5.74, 6) is -0.702. The molecule has 5 nitrogen and oxygen atoms in total. The normalized spacial score (nSPS) is 13.1. The molecule has 8 heteroatoms. The van der Waals surface area contributed by atoms with Crippen molar-refractivity contribution < 1.29 is 14.3 Å². The van der Waals surface area contributed by atoms with Crippen LogP contribution in [0.15, 0.2) is 54.6 Å². The molecule has 1 N–H and O–H groups in total. The predicted octanol–water partition coefficient (Wildman–Crippen LogP) is 5.42. The maximum Gasteiger partial charge on any atom is 0.341 e. The lowest BCUT2D eigenvalue weighted by Gasteiger charge is -2.27. The van der Waals surface area contributed by atoms with Crippen molar-refractivity contribution in [2.24, 2.45) is 0 Å². The van der Waals surface area contributed by atoms with Gasteiger partial charge in [0.25, 0.3) is 5.91 Å². The summed E-state index contributed by atoms with van der Waals surface area (Å²) in [5, 5.41) is 4.00. The summed E-state index contributed by atoms with van der Waals surface area (Å²) in [6.45, 7) is 2.42. The Morgan fingerprint density at radius 3 is 2.52 bits per heavy atom. The van der Waals surface area contributed by atoms with Crippen LogP contribution < -0.4 is 5.32 Å². The van der Waals surface area contributed by atoms with Crippen molar-refractivity contribution in [1.29, 1.82) is 0 Å². The number of hydrogen-bond acceptors (Lipinski definition) is 5. The average Bonchev–Trinajstić information content (AvgIpc) is 3.11. The van der Waals surface area contributed by atoms with Crippen LogP contribution in [-0.2, 0) is 24.2 Å². The van der Waals surface area contributed by atoms with Crippen molar-refractivity contribution in [2.75, 3.05) is 19.0 Å². The highest BCUT2D eigenvalue weighted by atomic mass is 35.5. The van der Waals surface area contributed by atoms with Gasteiger partial charge in [-0.2, -0.15) is 0 Å². The summed E-state index contributed by atoms with van der Waals surface area (Å²) in [7, 11) is 1.36. The van der Waals surface area contributed by atoms with E-state index in [9.17, 15) is 9.59 Å². The van der Waals surface area contributed by atoms with Gasteiger partial charge in [0, 0.05) is 35.1 Å². The second-order valence-electron chi connectivity index (χ2n) is 7.11. The Morgan fingerprint density at radius 2 is 1.84 bits per heavy atom. The summed E-state index contributed by atoms with van der Waals surface area (Å²) >= 11 is 7.35. The Hall–Kier alpha value is -2.38. The number of thiophene rings is 1. The van der Waals surface area contributed by atoms with Gasteiger partial charge in [-0.1, -0.05) is 41.9 Å². The fraction of sp³-hybridized carbons (Fsp3) is 0.217. The van der Waals surface area contributed by atoms with E-state index in [1.165, 1.54) is 24.0 Å². The average molecular weight is 477 g/mol. The zero-order valence-electron chi connectivity index (χ0n) is 16.9. The largest absolute Gasteiger partial charge is 0.465 e. The first-order chi connectivity index (χ1) is 14.5. The van der Waals surface area contributed by atoms with Crippen LogP contribution in [0.4, 0.5) is 5.00 Å². The molecule has 0 fully saturated rings. The van der Waals surface area contributed by atoms with Gasteiger partial charge in [-0.15, -0.1) is 23.7 Å². The number of amides is 1. The van der Waals surface area contributed by atoms with Crippen LogP contribution in [0.2, 0.25) is 5.02 Å². The van der Waals surface area contributed by atoms with Gasteiger partial charge in [-0.3, -0.25) is 9.69 Å². The molecule has 0 spiro atoms. The quantitative estimate of drug-likeness (QED) is 0.499. The molecule has 0 unspecified atom stereocenters. The Labute approximate surface area is 196 Å². The number of carbonyl (C=O) groups is 2. The molecule has 1 aromatic heterocycles. The molecule has 3 aromatic rings. The number of anilines is 1. The van der Waals surface area contributed by atoms with Gasteiger partial charge < -0.3 is 10.1 Å². The van der Waals surface area contributed by atoms with Crippen LogP contribution in [0.5, 0.6) is 0 Å². The van der Waals surface area contributed by atoms with E-state index in [2.05, 4.69) is 22.3 Å². The summed E-state index contributed by atoms with van der Waals surface area (Å²) in [6.07, 6.45) is 0.736. The Kier molecular flexibility index (Phi) is 7.73. The summed E-state index contributed by atoms with van der Waals surface area (Å²) in [5.41, 5.74) is 3.18. The lowest BCUT2D eigenvalue weighted by atomic mass is 10.0. The summed E-state index contributed by atoms with van der Waals surface area (Å²) in [6, 6.07) is 17.0. The molecule has 4 rings (SSSR count). The third kappa shape index (κ3) is 5.28. The zero-order valence-corrected chi connectivity index (χ0v) is 19.3. The smallest absolute Gasteiger partial charge is 0.341 e. The number of nitrogens with one attached hydrogen (secondary N) is 1. The van der Waals surface area contributed by atoms with E-state index >= 15 is 0 Å². The zero-order chi connectivity index (χ0) is 21.1. The van der Waals surface area contributed by atoms with Gasteiger partial charge in [0.05, 0.1) is 12.7 Å².